The maximum atomic E-state index is 13.6. The average molecular weight is 302 g/mol. The molecule has 1 aromatic rings. The van der Waals surface area contributed by atoms with Gasteiger partial charge in [-0.15, -0.1) is 0 Å². The first-order valence-electron chi connectivity index (χ1n) is 6.71. The molecule has 0 heterocycles. The van der Waals surface area contributed by atoms with Crippen LogP contribution in [-0.2, 0) is 10.0 Å². The van der Waals surface area contributed by atoms with Gasteiger partial charge in [0.1, 0.15) is 5.82 Å². The van der Waals surface area contributed by atoms with E-state index in [1.807, 2.05) is 0 Å². The van der Waals surface area contributed by atoms with Gasteiger partial charge in [-0.25, -0.2) is 17.5 Å². The summed E-state index contributed by atoms with van der Waals surface area (Å²) in [6.45, 7) is 7.40. The van der Waals surface area contributed by atoms with Gasteiger partial charge in [0.15, 0.2) is 0 Å². The van der Waals surface area contributed by atoms with Crippen molar-refractivity contribution in [1.29, 1.82) is 0 Å². The lowest BCUT2D eigenvalue weighted by Crippen LogP contribution is -2.33. The second-order valence-corrected chi connectivity index (χ2v) is 7.30. The molecule has 3 N–H and O–H groups in total. The van der Waals surface area contributed by atoms with Gasteiger partial charge in [0.25, 0.3) is 0 Å². The Labute approximate surface area is 120 Å². The summed E-state index contributed by atoms with van der Waals surface area (Å²) < 4.78 is 40.7. The van der Waals surface area contributed by atoms with Crippen molar-refractivity contribution in [2.24, 2.45) is 5.92 Å². The Morgan fingerprint density at radius 1 is 1.25 bits per heavy atom. The molecule has 6 heteroatoms. The zero-order valence-electron chi connectivity index (χ0n) is 12.4. The Balaban J connectivity index is 2.94. The molecule has 0 fully saturated rings. The average Bonchev–Trinajstić information content (AvgIpc) is 2.30. The van der Waals surface area contributed by atoms with Crippen molar-refractivity contribution >= 4 is 15.7 Å². The van der Waals surface area contributed by atoms with Crippen LogP contribution in [0.3, 0.4) is 0 Å². The first kappa shape index (κ1) is 16.9. The second kappa shape index (κ2) is 6.54. The number of rotatable bonds is 6. The quantitative estimate of drug-likeness (QED) is 0.794. The number of benzene rings is 1. The van der Waals surface area contributed by atoms with Gasteiger partial charge in [-0.1, -0.05) is 13.8 Å². The number of hydrogen-bond donors (Lipinski definition) is 2. The summed E-state index contributed by atoms with van der Waals surface area (Å²) in [4.78, 5) is -0.0913. The molecule has 4 nitrogen and oxygen atoms in total. The predicted molar refractivity (Wildman–Crippen MR) is 79.4 cm³/mol. The fraction of sp³-hybridized carbons (Fsp3) is 0.571. The zero-order chi connectivity index (χ0) is 15.5. The van der Waals surface area contributed by atoms with Crippen molar-refractivity contribution < 1.29 is 12.8 Å². The third-order valence-corrected chi connectivity index (χ3v) is 4.86. The first-order valence-corrected chi connectivity index (χ1v) is 8.19. The molecule has 0 aliphatic carbocycles. The molecular formula is C14H23FN2O2S. The van der Waals surface area contributed by atoms with Gasteiger partial charge in [-0.05, 0) is 44.7 Å². The molecule has 0 saturated carbocycles. The van der Waals surface area contributed by atoms with E-state index in [1.54, 1.807) is 6.92 Å². The van der Waals surface area contributed by atoms with Crippen LogP contribution in [0.1, 0.15) is 39.2 Å². The van der Waals surface area contributed by atoms with Crippen LogP contribution in [0.25, 0.3) is 0 Å². The molecule has 0 radical (unpaired) electrons. The fourth-order valence-corrected chi connectivity index (χ4v) is 3.49. The summed E-state index contributed by atoms with van der Waals surface area (Å²) in [5.74, 6) is -0.103. The predicted octanol–water partition coefficient (Wildman–Crippen LogP) is 2.82. The van der Waals surface area contributed by atoms with E-state index in [9.17, 15) is 12.8 Å². The van der Waals surface area contributed by atoms with Crippen molar-refractivity contribution in [2.75, 3.05) is 5.73 Å². The van der Waals surface area contributed by atoms with Gasteiger partial charge in [-0.2, -0.15) is 0 Å². The number of anilines is 1. The van der Waals surface area contributed by atoms with E-state index in [0.29, 0.717) is 5.92 Å². The van der Waals surface area contributed by atoms with Crippen LogP contribution >= 0.6 is 0 Å². The van der Waals surface area contributed by atoms with E-state index < -0.39 is 15.8 Å². The highest BCUT2D eigenvalue weighted by atomic mass is 32.2. The Bertz CT molecular complexity index is 571. The van der Waals surface area contributed by atoms with Crippen molar-refractivity contribution in [2.45, 2.75) is 51.5 Å². The number of hydrogen-bond acceptors (Lipinski definition) is 3. The third-order valence-electron chi connectivity index (χ3n) is 3.14. The van der Waals surface area contributed by atoms with Crippen LogP contribution in [0.2, 0.25) is 0 Å². The fourth-order valence-electron chi connectivity index (χ4n) is 1.92. The van der Waals surface area contributed by atoms with Crippen molar-refractivity contribution in [3.63, 3.8) is 0 Å². The number of halogens is 1. The van der Waals surface area contributed by atoms with Crippen LogP contribution in [0, 0.1) is 18.7 Å². The molecule has 114 valence electrons. The van der Waals surface area contributed by atoms with Gasteiger partial charge in [-0.3, -0.25) is 0 Å². The Hall–Kier alpha value is -1.14. The summed E-state index contributed by atoms with van der Waals surface area (Å²) in [7, 11) is -3.75. The van der Waals surface area contributed by atoms with Crippen LogP contribution in [0.4, 0.5) is 10.1 Å². The highest BCUT2D eigenvalue weighted by Gasteiger charge is 2.22. The minimum Gasteiger partial charge on any atom is -0.399 e. The van der Waals surface area contributed by atoms with Crippen LogP contribution in [0.5, 0.6) is 0 Å². The summed E-state index contributed by atoms with van der Waals surface area (Å²) in [6.07, 6.45) is 1.66. The maximum absolute atomic E-state index is 13.6. The molecule has 0 aliphatic heterocycles. The topological polar surface area (TPSA) is 72.2 Å². The summed E-state index contributed by atoms with van der Waals surface area (Å²) >= 11 is 0. The molecule has 20 heavy (non-hydrogen) atoms. The zero-order valence-corrected chi connectivity index (χ0v) is 13.2. The molecule has 0 saturated heterocycles. The van der Waals surface area contributed by atoms with Crippen LogP contribution in [0.15, 0.2) is 17.0 Å². The van der Waals surface area contributed by atoms with E-state index in [2.05, 4.69) is 18.6 Å². The molecule has 1 atom stereocenters. The highest BCUT2D eigenvalue weighted by Crippen LogP contribution is 2.22. The van der Waals surface area contributed by atoms with E-state index >= 15 is 0 Å². The van der Waals surface area contributed by atoms with E-state index in [1.165, 1.54) is 13.0 Å². The normalized spacial score (nSPS) is 13.7. The lowest BCUT2D eigenvalue weighted by Gasteiger charge is -2.17. The van der Waals surface area contributed by atoms with E-state index in [0.717, 1.165) is 18.9 Å². The van der Waals surface area contributed by atoms with Gasteiger partial charge < -0.3 is 5.73 Å². The summed E-state index contributed by atoms with van der Waals surface area (Å²) in [5.41, 5.74) is 5.71. The molecule has 0 amide bonds. The second-order valence-electron chi connectivity index (χ2n) is 5.62. The van der Waals surface area contributed by atoms with E-state index in [-0.39, 0.29) is 22.2 Å². The Morgan fingerprint density at radius 2 is 1.85 bits per heavy atom. The largest absolute Gasteiger partial charge is 0.399 e. The molecular weight excluding hydrogens is 279 g/mol. The SMILES string of the molecule is Cc1c(F)cc(N)cc1S(=O)(=O)NC(C)CCC(C)C. The molecule has 0 aromatic heterocycles. The van der Waals surface area contributed by atoms with Crippen LogP contribution < -0.4 is 10.5 Å². The summed E-state index contributed by atoms with van der Waals surface area (Å²) in [6, 6.07) is 2.21. The van der Waals surface area contributed by atoms with Crippen molar-refractivity contribution in [3.05, 3.63) is 23.5 Å². The highest BCUT2D eigenvalue weighted by molar-refractivity contribution is 7.89. The molecule has 1 aromatic carbocycles. The standard InChI is InChI=1S/C14H23FN2O2S/c1-9(2)5-6-10(3)17-20(18,19)14-8-12(16)7-13(15)11(14)4/h7-10,17H,5-6,16H2,1-4H3. The van der Waals surface area contributed by atoms with Gasteiger partial charge in [0.2, 0.25) is 10.0 Å². The maximum Gasteiger partial charge on any atom is 0.241 e. The lowest BCUT2D eigenvalue weighted by atomic mass is 10.1. The number of nitrogen functional groups attached to an aromatic ring is 1. The molecule has 0 spiro atoms. The number of sulfonamides is 1. The number of nitrogens with two attached hydrogens (primary N) is 1. The van der Waals surface area contributed by atoms with Gasteiger partial charge >= 0.3 is 0 Å². The minimum absolute atomic E-state index is 0.0859. The van der Waals surface area contributed by atoms with Gasteiger partial charge in [0.05, 0.1) is 4.90 Å². The molecule has 0 bridgehead atoms. The smallest absolute Gasteiger partial charge is 0.241 e. The van der Waals surface area contributed by atoms with Crippen molar-refractivity contribution in [1.82, 2.24) is 4.72 Å². The first-order chi connectivity index (χ1) is 9.13. The Morgan fingerprint density at radius 3 is 2.40 bits per heavy atom. The monoisotopic (exact) mass is 302 g/mol. The lowest BCUT2D eigenvalue weighted by molar-refractivity contribution is 0.485. The number of nitrogens with one attached hydrogen (secondary N) is 1. The third kappa shape index (κ3) is 4.45. The van der Waals surface area contributed by atoms with Crippen LogP contribution in [-0.4, -0.2) is 14.5 Å². The van der Waals surface area contributed by atoms with E-state index in [4.69, 9.17) is 5.73 Å². The summed E-state index contributed by atoms with van der Waals surface area (Å²) in [5, 5.41) is 0. The minimum atomic E-state index is -3.75. The Kier molecular flexibility index (Phi) is 5.53. The molecule has 1 unspecified atom stereocenters. The van der Waals surface area contributed by atoms with Gasteiger partial charge in [0, 0.05) is 17.3 Å². The molecule has 0 aliphatic rings. The van der Waals surface area contributed by atoms with Crippen molar-refractivity contribution in [3.8, 4) is 0 Å². The molecule has 1 rings (SSSR count).